The number of esters is 1. The molecule has 0 radical (unpaired) electrons. The molecule has 9 heteroatoms. The fraction of sp³-hybridized carbons (Fsp3) is 0.444. The van der Waals surface area contributed by atoms with E-state index >= 15 is 0 Å². The van der Waals surface area contributed by atoms with Gasteiger partial charge in [0.1, 0.15) is 5.00 Å². The summed E-state index contributed by atoms with van der Waals surface area (Å²) < 4.78 is 5.22. The number of carboxylic acid groups (broad SMARTS) is 1. The lowest BCUT2D eigenvalue weighted by Crippen LogP contribution is -2.30. The molecule has 0 saturated carbocycles. The molecule has 8 nitrogen and oxygen atoms in total. The van der Waals surface area contributed by atoms with Crippen LogP contribution in [0, 0.1) is 6.92 Å². The summed E-state index contributed by atoms with van der Waals surface area (Å²) in [6, 6.07) is 0. The Balaban J connectivity index is 3.35. The molecule has 0 aromatic carbocycles. The lowest BCUT2D eigenvalue weighted by molar-refractivity contribution is -0.131. The van der Waals surface area contributed by atoms with Crippen molar-refractivity contribution in [3.05, 3.63) is 28.2 Å². The Morgan fingerprint density at radius 1 is 1.19 bits per heavy atom. The molecule has 1 aromatic heterocycles. The van der Waals surface area contributed by atoms with Crippen molar-refractivity contribution in [2.45, 2.75) is 40.7 Å². The van der Waals surface area contributed by atoms with Gasteiger partial charge in [-0.1, -0.05) is 0 Å². The predicted molar refractivity (Wildman–Crippen MR) is 102 cm³/mol. The van der Waals surface area contributed by atoms with Gasteiger partial charge in [-0.15, -0.1) is 11.3 Å². The van der Waals surface area contributed by atoms with Gasteiger partial charge < -0.3 is 20.1 Å². The SMILES string of the molecule is CCN(CC)C(=O)c1sc(NC(=O)/C=C/C(=O)O)c(C(=O)OC(C)C)c1C. The summed E-state index contributed by atoms with van der Waals surface area (Å²) in [6.07, 6.45) is 1.14. The monoisotopic (exact) mass is 396 g/mol. The molecule has 0 bridgehead atoms. The van der Waals surface area contributed by atoms with Crippen LogP contribution in [0.1, 0.15) is 53.3 Å². The molecule has 148 valence electrons. The highest BCUT2D eigenvalue weighted by Crippen LogP contribution is 2.35. The van der Waals surface area contributed by atoms with Gasteiger partial charge in [0, 0.05) is 25.2 Å². The molecule has 0 aliphatic carbocycles. The molecular weight excluding hydrogens is 372 g/mol. The average Bonchev–Trinajstić information content (AvgIpc) is 2.89. The van der Waals surface area contributed by atoms with E-state index < -0.39 is 17.8 Å². The first-order valence-corrected chi connectivity index (χ1v) is 9.29. The van der Waals surface area contributed by atoms with E-state index in [-0.39, 0.29) is 22.6 Å². The number of anilines is 1. The van der Waals surface area contributed by atoms with Crippen LogP contribution in [0.4, 0.5) is 5.00 Å². The number of amides is 2. The van der Waals surface area contributed by atoms with E-state index in [1.54, 1.807) is 25.7 Å². The largest absolute Gasteiger partial charge is 0.478 e. The highest BCUT2D eigenvalue weighted by atomic mass is 32.1. The normalized spacial score (nSPS) is 10.9. The lowest BCUT2D eigenvalue weighted by atomic mass is 10.1. The Morgan fingerprint density at radius 2 is 1.78 bits per heavy atom. The Hall–Kier alpha value is -2.68. The van der Waals surface area contributed by atoms with Gasteiger partial charge in [-0.2, -0.15) is 0 Å². The maximum atomic E-state index is 12.7. The van der Waals surface area contributed by atoms with Gasteiger partial charge in [-0.05, 0) is 40.2 Å². The number of aliphatic carboxylic acids is 1. The summed E-state index contributed by atoms with van der Waals surface area (Å²) in [6.45, 7) is 9.69. The van der Waals surface area contributed by atoms with E-state index in [4.69, 9.17) is 9.84 Å². The zero-order valence-corrected chi connectivity index (χ0v) is 16.8. The highest BCUT2D eigenvalue weighted by Gasteiger charge is 2.28. The van der Waals surface area contributed by atoms with Gasteiger partial charge in [0.05, 0.1) is 16.5 Å². The molecule has 1 heterocycles. The first-order valence-electron chi connectivity index (χ1n) is 8.47. The molecule has 1 rings (SSSR count). The molecular formula is C18H24N2O6S. The van der Waals surface area contributed by atoms with Crippen LogP contribution in [0.2, 0.25) is 0 Å². The minimum Gasteiger partial charge on any atom is -0.478 e. The van der Waals surface area contributed by atoms with Crippen LogP contribution in [0.15, 0.2) is 12.2 Å². The smallest absolute Gasteiger partial charge is 0.341 e. The predicted octanol–water partition coefficient (Wildman–Crippen LogP) is 2.68. The zero-order valence-electron chi connectivity index (χ0n) is 16.0. The molecule has 0 aliphatic rings. The van der Waals surface area contributed by atoms with Crippen LogP contribution in [-0.2, 0) is 14.3 Å². The minimum absolute atomic E-state index is 0.0984. The summed E-state index contributed by atoms with van der Waals surface area (Å²) in [5.74, 6) is -2.90. The van der Waals surface area contributed by atoms with Gasteiger partial charge in [0.15, 0.2) is 0 Å². The Kier molecular flexibility index (Phi) is 8.17. The van der Waals surface area contributed by atoms with Gasteiger partial charge >= 0.3 is 11.9 Å². The van der Waals surface area contributed by atoms with E-state index in [1.165, 1.54) is 0 Å². The number of ether oxygens (including phenoxy) is 1. The Morgan fingerprint density at radius 3 is 2.26 bits per heavy atom. The fourth-order valence-electron chi connectivity index (χ4n) is 2.28. The van der Waals surface area contributed by atoms with E-state index in [1.807, 2.05) is 13.8 Å². The summed E-state index contributed by atoms with van der Waals surface area (Å²) in [5, 5.41) is 11.2. The minimum atomic E-state index is -1.27. The van der Waals surface area contributed by atoms with Crippen LogP contribution in [0.25, 0.3) is 0 Å². The second kappa shape index (κ2) is 9.86. The van der Waals surface area contributed by atoms with Crippen LogP contribution in [-0.4, -0.2) is 53.0 Å². The number of hydrogen-bond acceptors (Lipinski definition) is 6. The van der Waals surface area contributed by atoms with E-state index in [9.17, 15) is 19.2 Å². The standard InChI is InChI=1S/C18H24N2O6S/c1-6-20(7-2)17(24)15-11(5)14(18(25)26-10(3)4)16(27-15)19-12(21)8-9-13(22)23/h8-10H,6-7H2,1-5H3,(H,19,21)(H,22,23)/b9-8+. The number of rotatable bonds is 8. The van der Waals surface area contributed by atoms with Crippen molar-refractivity contribution in [3.63, 3.8) is 0 Å². The van der Waals surface area contributed by atoms with E-state index in [0.29, 0.717) is 29.6 Å². The fourth-order valence-corrected chi connectivity index (χ4v) is 3.45. The molecule has 0 unspecified atom stereocenters. The van der Waals surface area contributed by atoms with Crippen LogP contribution >= 0.6 is 11.3 Å². The first-order chi connectivity index (χ1) is 12.6. The highest BCUT2D eigenvalue weighted by molar-refractivity contribution is 7.18. The molecule has 2 amide bonds. The molecule has 0 spiro atoms. The van der Waals surface area contributed by atoms with Gasteiger partial charge in [-0.25, -0.2) is 9.59 Å². The van der Waals surface area contributed by atoms with E-state index in [0.717, 1.165) is 17.4 Å². The summed E-state index contributed by atoms with van der Waals surface area (Å²) in [5.41, 5.74) is 0.515. The van der Waals surface area contributed by atoms with Gasteiger partial charge in [0.2, 0.25) is 5.91 Å². The first kappa shape index (κ1) is 22.4. The van der Waals surface area contributed by atoms with E-state index in [2.05, 4.69) is 5.32 Å². The second-order valence-corrected chi connectivity index (χ2v) is 6.87. The van der Waals surface area contributed by atoms with Crippen molar-refractivity contribution in [2.75, 3.05) is 18.4 Å². The quantitative estimate of drug-likeness (QED) is 0.516. The Labute approximate surface area is 161 Å². The molecule has 0 saturated heterocycles. The molecule has 27 heavy (non-hydrogen) atoms. The average molecular weight is 396 g/mol. The number of nitrogens with zero attached hydrogens (tertiary/aromatic N) is 1. The van der Waals surface area contributed by atoms with Crippen molar-refractivity contribution >= 4 is 40.1 Å². The summed E-state index contributed by atoms with van der Waals surface area (Å²) in [4.78, 5) is 49.6. The number of carbonyl (C=O) groups is 4. The van der Waals surface area contributed by atoms with Crippen molar-refractivity contribution in [1.82, 2.24) is 4.90 Å². The van der Waals surface area contributed by atoms with Crippen LogP contribution in [0.3, 0.4) is 0 Å². The molecule has 2 N–H and O–H groups in total. The van der Waals surface area contributed by atoms with Crippen LogP contribution in [0.5, 0.6) is 0 Å². The number of thiophene rings is 1. The maximum Gasteiger partial charge on any atom is 0.341 e. The summed E-state index contributed by atoms with van der Waals surface area (Å²) >= 11 is 0.966. The number of hydrogen-bond donors (Lipinski definition) is 2. The molecule has 0 fully saturated rings. The Bertz CT molecular complexity index is 762. The molecule has 1 aromatic rings. The second-order valence-electron chi connectivity index (χ2n) is 5.85. The van der Waals surface area contributed by atoms with Crippen molar-refractivity contribution in [1.29, 1.82) is 0 Å². The number of carboxylic acids is 1. The van der Waals surface area contributed by atoms with Crippen LogP contribution < -0.4 is 5.32 Å². The maximum absolute atomic E-state index is 12.7. The lowest BCUT2D eigenvalue weighted by Gasteiger charge is -2.18. The summed E-state index contributed by atoms with van der Waals surface area (Å²) in [7, 11) is 0. The zero-order chi connectivity index (χ0) is 20.7. The third-order valence-corrected chi connectivity index (χ3v) is 4.75. The molecule has 0 atom stereocenters. The third kappa shape index (κ3) is 5.92. The number of carbonyl (C=O) groups excluding carboxylic acids is 3. The third-order valence-electron chi connectivity index (χ3n) is 3.55. The number of nitrogens with one attached hydrogen (secondary N) is 1. The van der Waals surface area contributed by atoms with Crippen molar-refractivity contribution < 1.29 is 29.0 Å². The van der Waals surface area contributed by atoms with Crippen molar-refractivity contribution in [3.8, 4) is 0 Å². The topological polar surface area (TPSA) is 113 Å². The van der Waals surface area contributed by atoms with Gasteiger partial charge in [-0.3, -0.25) is 9.59 Å². The van der Waals surface area contributed by atoms with Crippen molar-refractivity contribution in [2.24, 2.45) is 0 Å². The van der Waals surface area contributed by atoms with Gasteiger partial charge in [0.25, 0.3) is 5.91 Å². The molecule has 0 aliphatic heterocycles.